The molecule has 0 aliphatic carbocycles. The van der Waals surface area contributed by atoms with Gasteiger partial charge in [0.25, 0.3) is 0 Å². The molecule has 1 aromatic carbocycles. The smallest absolute Gasteiger partial charge is 0.243 e. The fourth-order valence-corrected chi connectivity index (χ4v) is 3.52. The molecule has 0 aromatic heterocycles. The first-order chi connectivity index (χ1) is 10.1. The lowest BCUT2D eigenvalue weighted by molar-refractivity contribution is -0.122. The van der Waals surface area contributed by atoms with Crippen molar-refractivity contribution in [1.29, 1.82) is 0 Å². The molecule has 1 N–H and O–H groups in total. The van der Waals surface area contributed by atoms with Crippen LogP contribution in [0.25, 0.3) is 0 Å². The van der Waals surface area contributed by atoms with Crippen LogP contribution >= 0.6 is 11.6 Å². The zero-order valence-electron chi connectivity index (χ0n) is 13.4. The van der Waals surface area contributed by atoms with E-state index < -0.39 is 15.6 Å². The van der Waals surface area contributed by atoms with E-state index in [1.54, 1.807) is 0 Å². The van der Waals surface area contributed by atoms with E-state index in [2.05, 4.69) is 5.32 Å². The van der Waals surface area contributed by atoms with Crippen LogP contribution in [0.2, 0.25) is 5.02 Å². The molecule has 1 rings (SSSR count). The topological polar surface area (TPSA) is 66.5 Å². The molecule has 0 radical (unpaired) electrons. The summed E-state index contributed by atoms with van der Waals surface area (Å²) in [6.45, 7) is 7.50. The molecule has 0 spiro atoms. The number of benzene rings is 1. The molecule has 0 unspecified atom stereocenters. The van der Waals surface area contributed by atoms with Crippen molar-refractivity contribution in [2.45, 2.75) is 44.6 Å². The minimum atomic E-state index is -3.72. The van der Waals surface area contributed by atoms with Crippen LogP contribution in [0.15, 0.2) is 29.2 Å². The number of hydrogen-bond acceptors (Lipinski definition) is 3. The predicted octanol–water partition coefficient (Wildman–Crippen LogP) is 2.66. The first kappa shape index (κ1) is 18.9. The number of nitrogens with one attached hydrogen (secondary N) is 1. The summed E-state index contributed by atoms with van der Waals surface area (Å²) in [4.78, 5) is 12.2. The molecule has 1 amide bonds. The highest BCUT2D eigenvalue weighted by Gasteiger charge is 2.27. The molecule has 1 aromatic rings. The molecule has 0 aliphatic rings. The number of nitrogens with zero attached hydrogens (tertiary/aromatic N) is 1. The van der Waals surface area contributed by atoms with E-state index in [1.807, 2.05) is 27.7 Å². The summed E-state index contributed by atoms with van der Waals surface area (Å²) in [7, 11) is -3.72. The molecule has 0 saturated carbocycles. The maximum Gasteiger partial charge on any atom is 0.243 e. The van der Waals surface area contributed by atoms with Gasteiger partial charge in [0.15, 0.2) is 0 Å². The number of carbonyl (C=O) groups excluding carboxylic acids is 1. The van der Waals surface area contributed by atoms with Crippen LogP contribution in [0.1, 0.15) is 34.1 Å². The first-order valence-electron chi connectivity index (χ1n) is 7.13. The second-order valence-electron chi connectivity index (χ2n) is 6.09. The van der Waals surface area contributed by atoms with Crippen molar-refractivity contribution in [3.05, 3.63) is 29.3 Å². The average molecular weight is 347 g/mol. The van der Waals surface area contributed by atoms with Gasteiger partial charge in [-0.05, 0) is 51.5 Å². The Kier molecular flexibility index (Phi) is 6.40. The van der Waals surface area contributed by atoms with E-state index in [0.29, 0.717) is 11.4 Å². The average Bonchev–Trinajstić information content (AvgIpc) is 2.36. The van der Waals surface area contributed by atoms with Gasteiger partial charge in [-0.3, -0.25) is 4.79 Å². The van der Waals surface area contributed by atoms with Gasteiger partial charge in [0.1, 0.15) is 0 Å². The Labute approximate surface area is 137 Å². The van der Waals surface area contributed by atoms with Gasteiger partial charge in [-0.2, -0.15) is 4.31 Å². The fourth-order valence-electron chi connectivity index (χ4n) is 1.91. The van der Waals surface area contributed by atoms with Crippen molar-refractivity contribution in [3.63, 3.8) is 0 Å². The summed E-state index contributed by atoms with van der Waals surface area (Å²) < 4.78 is 26.5. The van der Waals surface area contributed by atoms with Crippen molar-refractivity contribution in [2.75, 3.05) is 13.1 Å². The molecule has 0 bridgehead atoms. The first-order valence-corrected chi connectivity index (χ1v) is 8.95. The number of carbonyl (C=O) groups is 1. The second kappa shape index (κ2) is 7.44. The highest BCUT2D eigenvalue weighted by atomic mass is 35.5. The summed E-state index contributed by atoms with van der Waals surface area (Å²) in [6, 6.07) is 5.94. The van der Waals surface area contributed by atoms with Crippen LogP contribution < -0.4 is 5.32 Å². The van der Waals surface area contributed by atoms with Gasteiger partial charge in [0, 0.05) is 17.1 Å². The molecule has 124 valence electrons. The number of amides is 1. The number of halogens is 1. The van der Waals surface area contributed by atoms with E-state index in [-0.39, 0.29) is 23.9 Å². The van der Waals surface area contributed by atoms with E-state index in [0.717, 1.165) is 0 Å². The highest BCUT2D eigenvalue weighted by molar-refractivity contribution is 7.89. The third-order valence-corrected chi connectivity index (χ3v) is 4.87. The zero-order valence-corrected chi connectivity index (χ0v) is 15.0. The van der Waals surface area contributed by atoms with Crippen molar-refractivity contribution < 1.29 is 13.2 Å². The Morgan fingerprint density at radius 3 is 2.23 bits per heavy atom. The van der Waals surface area contributed by atoms with Crippen LogP contribution in [-0.4, -0.2) is 37.3 Å². The van der Waals surface area contributed by atoms with Gasteiger partial charge < -0.3 is 5.32 Å². The molecule has 0 aliphatic heterocycles. The van der Waals surface area contributed by atoms with Crippen molar-refractivity contribution in [2.24, 2.45) is 0 Å². The lowest BCUT2D eigenvalue weighted by Crippen LogP contribution is -2.47. The molecule has 7 heteroatoms. The number of rotatable bonds is 6. The normalized spacial score (nSPS) is 12.5. The lowest BCUT2D eigenvalue weighted by Gasteiger charge is -2.25. The monoisotopic (exact) mass is 346 g/mol. The Bertz CT molecular complexity index is 607. The van der Waals surface area contributed by atoms with Crippen LogP contribution in [0.5, 0.6) is 0 Å². The van der Waals surface area contributed by atoms with Crippen molar-refractivity contribution >= 4 is 27.5 Å². The Morgan fingerprint density at radius 2 is 1.77 bits per heavy atom. The maximum absolute atomic E-state index is 12.6. The summed E-state index contributed by atoms with van der Waals surface area (Å²) in [5.41, 5.74) is -0.404. The second-order valence-corrected chi connectivity index (χ2v) is 8.47. The van der Waals surface area contributed by atoms with E-state index >= 15 is 0 Å². The third-order valence-electron chi connectivity index (χ3n) is 2.76. The largest absolute Gasteiger partial charge is 0.350 e. The molecular weight excluding hydrogens is 324 g/mol. The summed E-state index contributed by atoms with van der Waals surface area (Å²) in [5.74, 6) is -0.321. The highest BCUT2D eigenvalue weighted by Crippen LogP contribution is 2.18. The van der Waals surface area contributed by atoms with E-state index in [9.17, 15) is 13.2 Å². The predicted molar refractivity (Wildman–Crippen MR) is 88.4 cm³/mol. The Hall–Kier alpha value is -1.11. The molecule has 5 nitrogen and oxygen atoms in total. The van der Waals surface area contributed by atoms with Crippen molar-refractivity contribution in [3.8, 4) is 0 Å². The van der Waals surface area contributed by atoms with Gasteiger partial charge in [0.2, 0.25) is 15.9 Å². The number of hydrogen-bond donors (Lipinski definition) is 1. The quantitative estimate of drug-likeness (QED) is 0.861. The van der Waals surface area contributed by atoms with Gasteiger partial charge in [-0.1, -0.05) is 18.5 Å². The Balaban J connectivity index is 2.98. The lowest BCUT2D eigenvalue weighted by atomic mass is 10.1. The van der Waals surface area contributed by atoms with Gasteiger partial charge >= 0.3 is 0 Å². The molecule has 0 fully saturated rings. The maximum atomic E-state index is 12.6. The van der Waals surface area contributed by atoms with Crippen LogP contribution in [-0.2, 0) is 14.8 Å². The van der Waals surface area contributed by atoms with Gasteiger partial charge in [-0.15, -0.1) is 0 Å². The van der Waals surface area contributed by atoms with E-state index in [4.69, 9.17) is 11.6 Å². The van der Waals surface area contributed by atoms with Crippen LogP contribution in [0.3, 0.4) is 0 Å². The molecule has 0 saturated heterocycles. The fraction of sp³-hybridized carbons (Fsp3) is 0.533. The number of sulfonamides is 1. The SMILES string of the molecule is CCCN(CC(=O)NC(C)(C)C)S(=O)(=O)c1ccc(Cl)cc1. The summed E-state index contributed by atoms with van der Waals surface area (Å²) in [5, 5.41) is 3.24. The molecule has 22 heavy (non-hydrogen) atoms. The van der Waals surface area contributed by atoms with Gasteiger partial charge in [-0.25, -0.2) is 8.42 Å². The minimum absolute atomic E-state index is 0.133. The van der Waals surface area contributed by atoms with Crippen LogP contribution in [0, 0.1) is 0 Å². The van der Waals surface area contributed by atoms with E-state index in [1.165, 1.54) is 28.6 Å². The third kappa shape index (κ3) is 5.59. The Morgan fingerprint density at radius 1 is 1.23 bits per heavy atom. The summed E-state index contributed by atoms with van der Waals surface area (Å²) in [6.07, 6.45) is 0.621. The summed E-state index contributed by atoms with van der Waals surface area (Å²) >= 11 is 5.79. The minimum Gasteiger partial charge on any atom is -0.350 e. The standard InChI is InChI=1S/C15H23ClN2O3S/c1-5-10-18(11-14(19)17-15(2,3)4)22(20,21)13-8-6-12(16)7-9-13/h6-9H,5,10-11H2,1-4H3,(H,17,19). The van der Waals surface area contributed by atoms with Crippen molar-refractivity contribution in [1.82, 2.24) is 9.62 Å². The zero-order chi connectivity index (χ0) is 17.0. The van der Waals surface area contributed by atoms with Gasteiger partial charge in [0.05, 0.1) is 11.4 Å². The molecule has 0 heterocycles. The van der Waals surface area contributed by atoms with Crippen LogP contribution in [0.4, 0.5) is 0 Å². The molecule has 0 atom stereocenters. The molecular formula is C15H23ClN2O3S.